The van der Waals surface area contributed by atoms with Crippen molar-refractivity contribution in [1.29, 1.82) is 0 Å². The maximum atomic E-state index is 10.6. The van der Waals surface area contributed by atoms with E-state index in [-0.39, 0.29) is 11.2 Å². The quantitative estimate of drug-likeness (QED) is 0.189. The number of phenols is 1. The molecule has 0 fully saturated rings. The summed E-state index contributed by atoms with van der Waals surface area (Å²) in [6.07, 6.45) is 1.88. The normalized spacial score (nSPS) is 11.6. The minimum atomic E-state index is -0.186. The van der Waals surface area contributed by atoms with E-state index in [0.29, 0.717) is 17.0 Å². The van der Waals surface area contributed by atoms with E-state index in [0.717, 1.165) is 50.2 Å². The van der Waals surface area contributed by atoms with Crippen LogP contribution in [0.15, 0.2) is 168 Å². The van der Waals surface area contributed by atoms with Gasteiger partial charge in [0.2, 0.25) is 5.89 Å². The number of nitrogens with zero attached hydrogens (tertiary/aromatic N) is 2. The largest absolute Gasteiger partial charge is 0.507 e. The fourth-order valence-electron chi connectivity index (χ4n) is 6.56. The third-order valence-corrected chi connectivity index (χ3v) is 9.37. The summed E-state index contributed by atoms with van der Waals surface area (Å²) < 4.78 is 6.20. The topological polar surface area (TPSA) is 59.2 Å². The maximum absolute atomic E-state index is 10.6. The molecule has 0 aliphatic carbocycles. The molecule has 0 atom stereocenters. The van der Waals surface area contributed by atoms with Crippen molar-refractivity contribution in [2.24, 2.45) is 0 Å². The predicted octanol–water partition coefficient (Wildman–Crippen LogP) is 11.6. The third-order valence-electron chi connectivity index (χ3n) is 9.37. The maximum Gasteiger partial charge on any atom is 0.231 e. The molecule has 0 amide bonds. The summed E-state index contributed by atoms with van der Waals surface area (Å²) in [6, 6.07) is 53.8. The van der Waals surface area contributed by atoms with E-state index in [1.54, 1.807) is 12.1 Å². The van der Waals surface area contributed by atoms with Gasteiger partial charge in [-0.2, -0.15) is 0 Å². The Morgan fingerprint density at radius 3 is 1.96 bits per heavy atom. The molecule has 0 saturated carbocycles. The Labute approximate surface area is 286 Å². The number of hydrogen-bond acceptors (Lipinski definition) is 4. The number of rotatable bonds is 7. The van der Waals surface area contributed by atoms with Crippen molar-refractivity contribution < 1.29 is 9.52 Å². The van der Waals surface area contributed by atoms with Crippen LogP contribution in [-0.4, -0.2) is 15.1 Å². The molecular formula is C45H34N2O2. The van der Waals surface area contributed by atoms with Gasteiger partial charge in [-0.05, 0) is 87.5 Å². The molecule has 0 spiro atoms. The highest BCUT2D eigenvalue weighted by Gasteiger charge is 2.24. The fraction of sp³-hybridized carbons (Fsp3) is 0.0667. The van der Waals surface area contributed by atoms with Crippen molar-refractivity contribution in [3.63, 3.8) is 0 Å². The van der Waals surface area contributed by atoms with Crippen LogP contribution in [-0.2, 0) is 5.41 Å². The predicted molar refractivity (Wildman–Crippen MR) is 199 cm³/mol. The van der Waals surface area contributed by atoms with Gasteiger partial charge in [0.15, 0.2) is 5.58 Å². The lowest BCUT2D eigenvalue weighted by Crippen LogP contribution is -2.18. The zero-order valence-electron chi connectivity index (χ0n) is 27.3. The second kappa shape index (κ2) is 12.4. The van der Waals surface area contributed by atoms with E-state index in [1.807, 2.05) is 36.5 Å². The average molecular weight is 635 g/mol. The number of pyridine rings is 1. The molecular weight excluding hydrogens is 601 g/mol. The van der Waals surface area contributed by atoms with E-state index in [9.17, 15) is 5.11 Å². The van der Waals surface area contributed by atoms with Crippen molar-refractivity contribution in [3.8, 4) is 61.8 Å². The molecule has 0 saturated heterocycles. The third kappa shape index (κ3) is 5.79. The van der Waals surface area contributed by atoms with Gasteiger partial charge in [-0.25, -0.2) is 4.98 Å². The molecule has 0 bridgehead atoms. The molecule has 4 nitrogen and oxygen atoms in total. The van der Waals surface area contributed by atoms with Gasteiger partial charge in [-0.3, -0.25) is 4.98 Å². The summed E-state index contributed by atoms with van der Waals surface area (Å²) in [6.45, 7) is 4.55. The average Bonchev–Trinajstić information content (AvgIpc) is 3.60. The van der Waals surface area contributed by atoms with Gasteiger partial charge in [0.05, 0.1) is 11.3 Å². The summed E-state index contributed by atoms with van der Waals surface area (Å²) in [7, 11) is 0. The molecule has 1 N–H and O–H groups in total. The van der Waals surface area contributed by atoms with E-state index in [4.69, 9.17) is 14.4 Å². The zero-order chi connectivity index (χ0) is 33.4. The molecule has 0 aliphatic rings. The lowest BCUT2D eigenvalue weighted by atomic mass is 9.77. The van der Waals surface area contributed by atoms with Crippen LogP contribution in [0.2, 0.25) is 0 Å². The van der Waals surface area contributed by atoms with Crippen molar-refractivity contribution in [2.75, 3.05) is 0 Å². The van der Waals surface area contributed by atoms with E-state index < -0.39 is 0 Å². The molecule has 0 unspecified atom stereocenters. The SMILES string of the molecule is CC(C)(c1ccccc1)c1cccc(-c2cc(-c3cc(-c4ccccc4)ccn3)cc(-c3cccc4oc(-c5ccccc5O)nc34)c2)c1. The molecule has 2 aromatic heterocycles. The van der Waals surface area contributed by atoms with Crippen LogP contribution in [0.5, 0.6) is 5.75 Å². The van der Waals surface area contributed by atoms with Gasteiger partial charge in [0.1, 0.15) is 11.3 Å². The Balaban J connectivity index is 1.31. The summed E-state index contributed by atoms with van der Waals surface area (Å²) in [5, 5.41) is 10.6. The number of oxazole rings is 1. The van der Waals surface area contributed by atoms with Crippen molar-refractivity contribution >= 4 is 11.1 Å². The Morgan fingerprint density at radius 1 is 0.510 bits per heavy atom. The van der Waals surface area contributed by atoms with Crippen molar-refractivity contribution in [3.05, 3.63) is 175 Å². The lowest BCUT2D eigenvalue weighted by molar-refractivity contribution is 0.474. The van der Waals surface area contributed by atoms with Gasteiger partial charge in [-0.1, -0.05) is 123 Å². The van der Waals surface area contributed by atoms with Crippen LogP contribution < -0.4 is 0 Å². The number of para-hydroxylation sites is 2. The van der Waals surface area contributed by atoms with Gasteiger partial charge in [-0.15, -0.1) is 0 Å². The zero-order valence-corrected chi connectivity index (χ0v) is 27.3. The number of hydrogen-bond donors (Lipinski definition) is 1. The van der Waals surface area contributed by atoms with E-state index in [2.05, 4.69) is 129 Å². The number of aromatic nitrogens is 2. The first-order chi connectivity index (χ1) is 23.9. The van der Waals surface area contributed by atoms with Gasteiger partial charge in [0.25, 0.3) is 0 Å². The molecule has 8 aromatic rings. The first-order valence-electron chi connectivity index (χ1n) is 16.5. The molecule has 236 valence electrons. The molecule has 49 heavy (non-hydrogen) atoms. The number of phenolic OH excluding ortho intramolecular Hbond substituents is 1. The molecule has 8 rings (SSSR count). The monoisotopic (exact) mass is 634 g/mol. The Hall–Kier alpha value is -6.26. The number of aromatic hydroxyl groups is 1. The van der Waals surface area contributed by atoms with Gasteiger partial charge in [0, 0.05) is 22.7 Å². The minimum Gasteiger partial charge on any atom is -0.507 e. The highest BCUT2D eigenvalue weighted by atomic mass is 16.3. The standard InChI is InChI=1S/C45H34N2O2/c1-45(2,36-16-7-4-8-17-36)37-18-11-15-31(28-37)33-25-34(27-35(26-33)40-29-32(23-24-46-40)30-13-5-3-6-14-30)38-20-12-22-42-43(38)47-44(49-42)39-19-9-10-21-41(39)48/h3-29,48H,1-2H3. The summed E-state index contributed by atoms with van der Waals surface area (Å²) in [5.41, 5.74) is 12.5. The number of fused-ring (bicyclic) bond motifs is 1. The van der Waals surface area contributed by atoms with E-state index in [1.165, 1.54) is 11.1 Å². The van der Waals surface area contributed by atoms with Crippen LogP contribution in [0, 0.1) is 0 Å². The van der Waals surface area contributed by atoms with Crippen molar-refractivity contribution in [1.82, 2.24) is 9.97 Å². The van der Waals surface area contributed by atoms with Gasteiger partial charge >= 0.3 is 0 Å². The van der Waals surface area contributed by atoms with Crippen LogP contribution in [0.4, 0.5) is 0 Å². The number of benzene rings is 6. The second-order valence-corrected chi connectivity index (χ2v) is 12.9. The molecule has 4 heteroatoms. The molecule has 0 radical (unpaired) electrons. The first kappa shape index (κ1) is 30.1. The smallest absolute Gasteiger partial charge is 0.231 e. The molecule has 6 aromatic carbocycles. The Kier molecular flexibility index (Phi) is 7.62. The van der Waals surface area contributed by atoms with Crippen molar-refractivity contribution in [2.45, 2.75) is 19.3 Å². The Bertz CT molecular complexity index is 2430. The van der Waals surface area contributed by atoms with Crippen LogP contribution in [0.25, 0.3) is 67.2 Å². The second-order valence-electron chi connectivity index (χ2n) is 12.9. The van der Waals surface area contributed by atoms with E-state index >= 15 is 0 Å². The van der Waals surface area contributed by atoms with Gasteiger partial charge < -0.3 is 9.52 Å². The fourth-order valence-corrected chi connectivity index (χ4v) is 6.56. The molecule has 2 heterocycles. The minimum absolute atomic E-state index is 0.127. The van der Waals surface area contributed by atoms with Crippen LogP contribution in [0.3, 0.4) is 0 Å². The Morgan fingerprint density at radius 2 is 1.14 bits per heavy atom. The summed E-state index contributed by atoms with van der Waals surface area (Å²) >= 11 is 0. The summed E-state index contributed by atoms with van der Waals surface area (Å²) in [4.78, 5) is 9.77. The van der Waals surface area contributed by atoms with Crippen LogP contribution in [0.1, 0.15) is 25.0 Å². The molecule has 0 aliphatic heterocycles. The first-order valence-corrected chi connectivity index (χ1v) is 16.5. The highest BCUT2D eigenvalue weighted by Crippen LogP contribution is 2.40. The highest BCUT2D eigenvalue weighted by molar-refractivity contribution is 5.94. The lowest BCUT2D eigenvalue weighted by Gasteiger charge is -2.26. The summed E-state index contributed by atoms with van der Waals surface area (Å²) in [5.74, 6) is 0.507. The van der Waals surface area contributed by atoms with Crippen LogP contribution >= 0.6 is 0 Å².